The highest BCUT2D eigenvalue weighted by atomic mass is 16.6. The Morgan fingerprint density at radius 2 is 1.94 bits per heavy atom. The standard InChI is InChI=1S/C12H8N4O2/c17-16(18)9-3-1-8(2-4-9)12-14-10-5-6-13-7-11(10)15-12/h1-7H,(H,14,15). The van der Waals surface area contributed by atoms with Gasteiger partial charge in [0.2, 0.25) is 0 Å². The summed E-state index contributed by atoms with van der Waals surface area (Å²) in [5, 5.41) is 10.6. The Balaban J connectivity index is 2.06. The highest BCUT2D eigenvalue weighted by molar-refractivity contribution is 5.78. The number of pyridine rings is 1. The number of aromatic amines is 1. The van der Waals surface area contributed by atoms with Crippen molar-refractivity contribution in [2.75, 3.05) is 0 Å². The molecule has 0 fully saturated rings. The summed E-state index contributed by atoms with van der Waals surface area (Å²) in [5.41, 5.74) is 2.53. The molecule has 0 bridgehead atoms. The molecule has 1 aromatic carbocycles. The van der Waals surface area contributed by atoms with Gasteiger partial charge in [0.25, 0.3) is 5.69 Å². The molecule has 0 atom stereocenters. The third-order valence-electron chi connectivity index (χ3n) is 2.63. The van der Waals surface area contributed by atoms with Crippen LogP contribution in [-0.4, -0.2) is 19.9 Å². The number of nitro groups is 1. The van der Waals surface area contributed by atoms with Gasteiger partial charge in [-0.1, -0.05) is 0 Å². The smallest absolute Gasteiger partial charge is 0.269 e. The fourth-order valence-corrected chi connectivity index (χ4v) is 1.73. The minimum atomic E-state index is -0.424. The number of fused-ring (bicyclic) bond motifs is 1. The lowest BCUT2D eigenvalue weighted by atomic mass is 10.2. The zero-order valence-corrected chi connectivity index (χ0v) is 9.20. The fourth-order valence-electron chi connectivity index (χ4n) is 1.73. The van der Waals surface area contributed by atoms with E-state index in [4.69, 9.17) is 0 Å². The van der Waals surface area contributed by atoms with Crippen molar-refractivity contribution in [3.63, 3.8) is 0 Å². The lowest BCUT2D eigenvalue weighted by Crippen LogP contribution is -1.87. The maximum atomic E-state index is 10.6. The van der Waals surface area contributed by atoms with Gasteiger partial charge in [0.1, 0.15) is 5.82 Å². The first kappa shape index (κ1) is 10.4. The van der Waals surface area contributed by atoms with Gasteiger partial charge in [-0.2, -0.15) is 0 Å². The van der Waals surface area contributed by atoms with Crippen LogP contribution in [0.15, 0.2) is 42.7 Å². The molecule has 0 aliphatic rings. The number of H-pyrrole nitrogens is 1. The summed E-state index contributed by atoms with van der Waals surface area (Å²) >= 11 is 0. The predicted octanol–water partition coefficient (Wildman–Crippen LogP) is 2.53. The molecule has 0 amide bonds. The number of hydrogen-bond donors (Lipinski definition) is 1. The van der Waals surface area contributed by atoms with Crippen molar-refractivity contribution in [3.8, 4) is 11.4 Å². The Labute approximate surface area is 101 Å². The molecule has 1 N–H and O–H groups in total. The maximum absolute atomic E-state index is 10.6. The van der Waals surface area contributed by atoms with Crippen LogP contribution in [-0.2, 0) is 0 Å². The third-order valence-corrected chi connectivity index (χ3v) is 2.63. The summed E-state index contributed by atoms with van der Waals surface area (Å²) < 4.78 is 0. The normalized spacial score (nSPS) is 10.7. The molecule has 2 aromatic heterocycles. The van der Waals surface area contributed by atoms with E-state index in [-0.39, 0.29) is 5.69 Å². The predicted molar refractivity (Wildman–Crippen MR) is 66.0 cm³/mol. The second-order valence-corrected chi connectivity index (χ2v) is 3.78. The largest absolute Gasteiger partial charge is 0.337 e. The summed E-state index contributed by atoms with van der Waals surface area (Å²) in [6, 6.07) is 8.06. The number of non-ortho nitro benzene ring substituents is 1. The van der Waals surface area contributed by atoms with Crippen LogP contribution in [0.1, 0.15) is 0 Å². The zero-order chi connectivity index (χ0) is 12.5. The van der Waals surface area contributed by atoms with Gasteiger partial charge >= 0.3 is 0 Å². The van der Waals surface area contributed by atoms with Crippen LogP contribution in [0.25, 0.3) is 22.4 Å². The molecule has 0 aliphatic carbocycles. The zero-order valence-electron chi connectivity index (χ0n) is 9.20. The molecule has 0 aliphatic heterocycles. The molecule has 3 rings (SSSR count). The molecule has 0 unspecified atom stereocenters. The quantitative estimate of drug-likeness (QED) is 0.551. The average molecular weight is 240 g/mol. The van der Waals surface area contributed by atoms with Crippen LogP contribution in [0.5, 0.6) is 0 Å². The van der Waals surface area contributed by atoms with Gasteiger partial charge in [0, 0.05) is 23.9 Å². The van der Waals surface area contributed by atoms with E-state index < -0.39 is 4.92 Å². The summed E-state index contributed by atoms with van der Waals surface area (Å²) in [4.78, 5) is 21.6. The average Bonchev–Trinajstić information content (AvgIpc) is 2.82. The van der Waals surface area contributed by atoms with E-state index >= 15 is 0 Å². The number of nitrogens with one attached hydrogen (secondary N) is 1. The second kappa shape index (κ2) is 3.92. The van der Waals surface area contributed by atoms with E-state index in [1.807, 2.05) is 0 Å². The topological polar surface area (TPSA) is 84.7 Å². The molecule has 0 saturated carbocycles. The SMILES string of the molecule is O=[N+]([O-])c1ccc(-c2nc3ccncc3[nH]2)cc1. The van der Waals surface area contributed by atoms with Gasteiger partial charge in [-0.25, -0.2) is 4.98 Å². The van der Waals surface area contributed by atoms with Gasteiger partial charge in [-0.05, 0) is 18.2 Å². The molecule has 6 heteroatoms. The summed E-state index contributed by atoms with van der Waals surface area (Å²) in [5.74, 6) is 0.674. The molecule has 3 aromatic rings. The Morgan fingerprint density at radius 3 is 2.61 bits per heavy atom. The number of aromatic nitrogens is 3. The van der Waals surface area contributed by atoms with E-state index in [0.29, 0.717) is 5.82 Å². The van der Waals surface area contributed by atoms with Gasteiger partial charge in [0.15, 0.2) is 0 Å². The molecule has 18 heavy (non-hydrogen) atoms. The van der Waals surface area contributed by atoms with Crippen molar-refractivity contribution in [2.24, 2.45) is 0 Å². The molecule has 2 heterocycles. The van der Waals surface area contributed by atoms with Crippen LogP contribution >= 0.6 is 0 Å². The van der Waals surface area contributed by atoms with Crippen LogP contribution < -0.4 is 0 Å². The van der Waals surface area contributed by atoms with Crippen LogP contribution in [0.2, 0.25) is 0 Å². The van der Waals surface area contributed by atoms with Crippen molar-refractivity contribution in [1.82, 2.24) is 15.0 Å². The molecule has 0 saturated heterocycles. The highest BCUT2D eigenvalue weighted by Crippen LogP contribution is 2.22. The maximum Gasteiger partial charge on any atom is 0.269 e. The van der Waals surface area contributed by atoms with Gasteiger partial charge in [0.05, 0.1) is 22.2 Å². The van der Waals surface area contributed by atoms with Crippen LogP contribution in [0.4, 0.5) is 5.69 Å². The molecule has 0 radical (unpaired) electrons. The second-order valence-electron chi connectivity index (χ2n) is 3.78. The van der Waals surface area contributed by atoms with Crippen molar-refractivity contribution < 1.29 is 4.92 Å². The number of benzene rings is 1. The van der Waals surface area contributed by atoms with Gasteiger partial charge in [-0.3, -0.25) is 15.1 Å². The molecular formula is C12H8N4O2. The first-order valence-corrected chi connectivity index (χ1v) is 5.28. The minimum Gasteiger partial charge on any atom is -0.337 e. The summed E-state index contributed by atoms with van der Waals surface area (Å²) in [6.45, 7) is 0. The van der Waals surface area contributed by atoms with E-state index in [0.717, 1.165) is 16.6 Å². The van der Waals surface area contributed by atoms with E-state index in [1.54, 1.807) is 30.6 Å². The van der Waals surface area contributed by atoms with Crippen molar-refractivity contribution >= 4 is 16.7 Å². The third kappa shape index (κ3) is 1.69. The molecule has 6 nitrogen and oxygen atoms in total. The highest BCUT2D eigenvalue weighted by Gasteiger charge is 2.08. The number of nitro benzene ring substituents is 1. The monoisotopic (exact) mass is 240 g/mol. The molecular weight excluding hydrogens is 232 g/mol. The lowest BCUT2D eigenvalue weighted by molar-refractivity contribution is -0.384. The molecule has 88 valence electrons. The van der Waals surface area contributed by atoms with E-state index in [9.17, 15) is 10.1 Å². The Hall–Kier alpha value is -2.76. The van der Waals surface area contributed by atoms with Crippen molar-refractivity contribution in [3.05, 3.63) is 52.8 Å². The Bertz CT molecular complexity index is 685. The number of hydrogen-bond acceptors (Lipinski definition) is 4. The van der Waals surface area contributed by atoms with E-state index in [2.05, 4.69) is 15.0 Å². The minimum absolute atomic E-state index is 0.0662. The van der Waals surface area contributed by atoms with Crippen molar-refractivity contribution in [1.29, 1.82) is 0 Å². The van der Waals surface area contributed by atoms with E-state index in [1.165, 1.54) is 12.1 Å². The molecule has 0 spiro atoms. The lowest BCUT2D eigenvalue weighted by Gasteiger charge is -1.95. The number of imidazole rings is 1. The fraction of sp³-hybridized carbons (Fsp3) is 0. The van der Waals surface area contributed by atoms with Gasteiger partial charge in [-0.15, -0.1) is 0 Å². The summed E-state index contributed by atoms with van der Waals surface area (Å²) in [6.07, 6.45) is 3.36. The van der Waals surface area contributed by atoms with Gasteiger partial charge < -0.3 is 4.98 Å². The van der Waals surface area contributed by atoms with Crippen LogP contribution in [0, 0.1) is 10.1 Å². The summed E-state index contributed by atoms with van der Waals surface area (Å²) in [7, 11) is 0. The van der Waals surface area contributed by atoms with Crippen molar-refractivity contribution in [2.45, 2.75) is 0 Å². The number of rotatable bonds is 2. The first-order valence-electron chi connectivity index (χ1n) is 5.28. The first-order chi connectivity index (χ1) is 8.74. The number of nitrogens with zero attached hydrogens (tertiary/aromatic N) is 3. The van der Waals surface area contributed by atoms with Crippen LogP contribution in [0.3, 0.4) is 0 Å². The Kier molecular flexibility index (Phi) is 2.26. The Morgan fingerprint density at radius 1 is 1.17 bits per heavy atom.